The fraction of sp³-hybridized carbons (Fsp3) is 0.235. The summed E-state index contributed by atoms with van der Waals surface area (Å²) in [5, 5.41) is 5.57. The maximum absolute atomic E-state index is 12.0. The van der Waals surface area contributed by atoms with Gasteiger partial charge in [-0.1, -0.05) is 29.8 Å². The van der Waals surface area contributed by atoms with Crippen molar-refractivity contribution in [2.24, 2.45) is 0 Å². The second kappa shape index (κ2) is 7.36. The van der Waals surface area contributed by atoms with Crippen molar-refractivity contribution in [3.63, 3.8) is 0 Å². The van der Waals surface area contributed by atoms with Crippen molar-refractivity contribution in [2.45, 2.75) is 13.5 Å². The first kappa shape index (κ1) is 15.7. The van der Waals surface area contributed by atoms with E-state index in [1.54, 1.807) is 32.4 Å². The average Bonchev–Trinajstić information content (AvgIpc) is 2.54. The molecule has 2 N–H and O–H groups in total. The lowest BCUT2D eigenvalue weighted by atomic mass is 10.1. The lowest BCUT2D eigenvalue weighted by Gasteiger charge is -2.12. The summed E-state index contributed by atoms with van der Waals surface area (Å²) < 4.78 is 10.4. The molecule has 0 aromatic heterocycles. The van der Waals surface area contributed by atoms with Gasteiger partial charge in [-0.3, -0.25) is 0 Å². The number of amides is 2. The Morgan fingerprint density at radius 1 is 1.05 bits per heavy atom. The molecule has 0 atom stereocenters. The predicted octanol–water partition coefficient (Wildman–Crippen LogP) is 3.33. The van der Waals surface area contributed by atoms with Crippen LogP contribution in [0.4, 0.5) is 10.5 Å². The van der Waals surface area contributed by atoms with Crippen molar-refractivity contribution in [1.29, 1.82) is 0 Å². The highest BCUT2D eigenvalue weighted by Crippen LogP contribution is 2.28. The molecule has 0 spiro atoms. The van der Waals surface area contributed by atoms with E-state index in [2.05, 4.69) is 10.6 Å². The minimum absolute atomic E-state index is 0.299. The monoisotopic (exact) mass is 300 g/mol. The first-order chi connectivity index (χ1) is 10.6. The van der Waals surface area contributed by atoms with E-state index in [4.69, 9.17) is 9.47 Å². The van der Waals surface area contributed by atoms with E-state index < -0.39 is 0 Å². The predicted molar refractivity (Wildman–Crippen MR) is 86.6 cm³/mol. The molecule has 5 heteroatoms. The van der Waals surface area contributed by atoms with Crippen LogP contribution in [0, 0.1) is 6.92 Å². The smallest absolute Gasteiger partial charge is 0.319 e. The zero-order chi connectivity index (χ0) is 15.9. The highest BCUT2D eigenvalue weighted by Gasteiger charge is 2.08. The van der Waals surface area contributed by atoms with Crippen molar-refractivity contribution in [2.75, 3.05) is 19.5 Å². The van der Waals surface area contributed by atoms with Crippen LogP contribution in [-0.4, -0.2) is 20.3 Å². The van der Waals surface area contributed by atoms with Gasteiger partial charge in [-0.15, -0.1) is 0 Å². The fourth-order valence-corrected chi connectivity index (χ4v) is 1.97. The highest BCUT2D eigenvalue weighted by atomic mass is 16.5. The van der Waals surface area contributed by atoms with E-state index in [0.29, 0.717) is 23.7 Å². The molecule has 0 saturated heterocycles. The van der Waals surface area contributed by atoms with Gasteiger partial charge in [0.15, 0.2) is 0 Å². The molecule has 0 fully saturated rings. The summed E-state index contributed by atoms with van der Waals surface area (Å²) in [5.41, 5.74) is 2.79. The number of hydrogen-bond donors (Lipinski definition) is 2. The van der Waals surface area contributed by atoms with Crippen LogP contribution >= 0.6 is 0 Å². The van der Waals surface area contributed by atoms with Crippen molar-refractivity contribution in [3.8, 4) is 11.5 Å². The number of urea groups is 1. The van der Waals surface area contributed by atoms with Crippen molar-refractivity contribution in [1.82, 2.24) is 5.32 Å². The Labute approximate surface area is 130 Å². The van der Waals surface area contributed by atoms with Gasteiger partial charge in [0.05, 0.1) is 19.9 Å². The average molecular weight is 300 g/mol. The molecule has 2 aromatic rings. The van der Waals surface area contributed by atoms with E-state index >= 15 is 0 Å². The van der Waals surface area contributed by atoms with Crippen LogP contribution in [0.2, 0.25) is 0 Å². The normalized spacial score (nSPS) is 9.95. The number of methoxy groups -OCH3 is 2. The van der Waals surface area contributed by atoms with Gasteiger partial charge in [0, 0.05) is 12.6 Å². The maximum Gasteiger partial charge on any atom is 0.319 e. The molecule has 0 unspecified atom stereocenters. The van der Waals surface area contributed by atoms with E-state index in [1.165, 1.54) is 5.56 Å². The summed E-state index contributed by atoms with van der Waals surface area (Å²) in [5.74, 6) is 1.22. The summed E-state index contributed by atoms with van der Waals surface area (Å²) in [6.45, 7) is 2.48. The molecular weight excluding hydrogens is 280 g/mol. The van der Waals surface area contributed by atoms with Crippen LogP contribution < -0.4 is 20.1 Å². The molecule has 116 valence electrons. The Morgan fingerprint density at radius 2 is 1.77 bits per heavy atom. The minimum atomic E-state index is -0.299. The third kappa shape index (κ3) is 4.15. The number of aryl methyl sites for hydroxylation is 1. The van der Waals surface area contributed by atoms with Gasteiger partial charge in [-0.25, -0.2) is 4.79 Å². The number of benzene rings is 2. The number of ether oxygens (including phenoxy) is 2. The van der Waals surface area contributed by atoms with Gasteiger partial charge < -0.3 is 20.1 Å². The first-order valence-electron chi connectivity index (χ1n) is 6.95. The third-order valence-corrected chi connectivity index (χ3v) is 3.23. The van der Waals surface area contributed by atoms with Gasteiger partial charge in [-0.2, -0.15) is 0 Å². The molecular formula is C17H20N2O3. The largest absolute Gasteiger partial charge is 0.497 e. The molecule has 2 rings (SSSR count). The van der Waals surface area contributed by atoms with Gasteiger partial charge in [0.1, 0.15) is 11.5 Å². The molecule has 0 heterocycles. The number of anilines is 1. The Hall–Kier alpha value is -2.69. The summed E-state index contributed by atoms with van der Waals surface area (Å²) in [6.07, 6.45) is 0. The Kier molecular flexibility index (Phi) is 5.25. The first-order valence-corrected chi connectivity index (χ1v) is 6.95. The Morgan fingerprint density at radius 3 is 2.41 bits per heavy atom. The van der Waals surface area contributed by atoms with Crippen LogP contribution in [0.25, 0.3) is 0 Å². The number of rotatable bonds is 5. The molecule has 0 aliphatic rings. The zero-order valence-corrected chi connectivity index (χ0v) is 13.0. The summed E-state index contributed by atoms with van der Waals surface area (Å²) in [4.78, 5) is 12.0. The second-order valence-electron chi connectivity index (χ2n) is 4.86. The molecule has 0 bridgehead atoms. The van der Waals surface area contributed by atoms with E-state index in [9.17, 15) is 4.79 Å². The minimum Gasteiger partial charge on any atom is -0.497 e. The SMILES string of the molecule is COc1ccc(OC)c(NC(=O)NCc2ccc(C)cc2)c1. The summed E-state index contributed by atoms with van der Waals surface area (Å²) in [6, 6.07) is 12.9. The van der Waals surface area contributed by atoms with Crippen LogP contribution in [-0.2, 0) is 6.54 Å². The molecule has 22 heavy (non-hydrogen) atoms. The standard InChI is InChI=1S/C17H20N2O3/c1-12-4-6-13(7-5-12)11-18-17(20)19-15-10-14(21-2)8-9-16(15)22-3/h4-10H,11H2,1-3H3,(H2,18,19,20). The molecule has 0 aliphatic carbocycles. The van der Waals surface area contributed by atoms with Gasteiger partial charge in [0.25, 0.3) is 0 Å². The van der Waals surface area contributed by atoms with Crippen LogP contribution in [0.5, 0.6) is 11.5 Å². The van der Waals surface area contributed by atoms with E-state index in [-0.39, 0.29) is 6.03 Å². The van der Waals surface area contributed by atoms with Crippen LogP contribution in [0.1, 0.15) is 11.1 Å². The second-order valence-corrected chi connectivity index (χ2v) is 4.86. The van der Waals surface area contributed by atoms with E-state index in [1.807, 2.05) is 31.2 Å². The topological polar surface area (TPSA) is 59.6 Å². The summed E-state index contributed by atoms with van der Waals surface area (Å²) in [7, 11) is 3.13. The lowest BCUT2D eigenvalue weighted by Crippen LogP contribution is -2.28. The zero-order valence-electron chi connectivity index (χ0n) is 13.0. The van der Waals surface area contributed by atoms with E-state index in [0.717, 1.165) is 5.56 Å². The molecule has 0 aliphatic heterocycles. The van der Waals surface area contributed by atoms with Crippen LogP contribution in [0.3, 0.4) is 0 Å². The molecule has 0 saturated carbocycles. The lowest BCUT2D eigenvalue weighted by molar-refractivity contribution is 0.251. The number of carbonyl (C=O) groups is 1. The van der Waals surface area contributed by atoms with Gasteiger partial charge in [-0.05, 0) is 24.6 Å². The van der Waals surface area contributed by atoms with Crippen LogP contribution in [0.15, 0.2) is 42.5 Å². The molecule has 2 amide bonds. The van der Waals surface area contributed by atoms with Gasteiger partial charge in [0.2, 0.25) is 0 Å². The molecule has 2 aromatic carbocycles. The highest BCUT2D eigenvalue weighted by molar-refractivity contribution is 5.91. The molecule has 0 radical (unpaired) electrons. The fourth-order valence-electron chi connectivity index (χ4n) is 1.97. The number of hydrogen-bond acceptors (Lipinski definition) is 3. The van der Waals surface area contributed by atoms with Crippen molar-refractivity contribution >= 4 is 11.7 Å². The third-order valence-electron chi connectivity index (χ3n) is 3.23. The van der Waals surface area contributed by atoms with Crippen molar-refractivity contribution < 1.29 is 14.3 Å². The quantitative estimate of drug-likeness (QED) is 0.890. The molecule has 5 nitrogen and oxygen atoms in total. The Balaban J connectivity index is 1.98. The Bertz CT molecular complexity index is 639. The number of nitrogens with one attached hydrogen (secondary N) is 2. The van der Waals surface area contributed by atoms with Gasteiger partial charge >= 0.3 is 6.03 Å². The number of carbonyl (C=O) groups excluding carboxylic acids is 1. The van der Waals surface area contributed by atoms with Crippen molar-refractivity contribution in [3.05, 3.63) is 53.6 Å². The maximum atomic E-state index is 12.0. The summed E-state index contributed by atoms with van der Waals surface area (Å²) >= 11 is 0.